The largest absolute Gasteiger partial charge is 0.464 e. The van der Waals surface area contributed by atoms with Gasteiger partial charge in [0.25, 0.3) is 0 Å². The van der Waals surface area contributed by atoms with Gasteiger partial charge in [-0.2, -0.15) is 5.10 Å². The molecule has 0 bridgehead atoms. The van der Waals surface area contributed by atoms with E-state index in [0.717, 1.165) is 22.4 Å². The number of thioether (sulfide) groups is 1. The minimum atomic E-state index is 0.439. The van der Waals surface area contributed by atoms with Gasteiger partial charge < -0.3 is 10.2 Å². The molecule has 5 nitrogen and oxygen atoms in total. The molecule has 0 spiro atoms. The van der Waals surface area contributed by atoms with Gasteiger partial charge in [0.1, 0.15) is 17.8 Å². The third-order valence-corrected chi connectivity index (χ3v) is 2.99. The Morgan fingerprint density at radius 1 is 1.47 bits per heavy atom. The van der Waals surface area contributed by atoms with Crippen molar-refractivity contribution in [2.24, 2.45) is 12.8 Å². The monoisotopic (exact) mass is 224 g/mol. The molecule has 0 amide bonds. The molecule has 15 heavy (non-hydrogen) atoms. The highest BCUT2D eigenvalue weighted by Crippen LogP contribution is 2.20. The van der Waals surface area contributed by atoms with E-state index in [0.29, 0.717) is 6.54 Å². The molecule has 0 saturated carbocycles. The van der Waals surface area contributed by atoms with E-state index in [-0.39, 0.29) is 0 Å². The zero-order valence-electron chi connectivity index (χ0n) is 8.38. The summed E-state index contributed by atoms with van der Waals surface area (Å²) in [4.78, 5) is 4.11. The molecule has 0 aromatic carbocycles. The standard InChI is InChI=1S/C9H12N4OS/c1-13-9(11-6-12-13)15-5-8-3-2-7(4-10)14-8/h2-3,6H,4-5,10H2,1H3. The van der Waals surface area contributed by atoms with Crippen LogP contribution < -0.4 is 5.73 Å². The second kappa shape index (κ2) is 4.50. The third-order valence-electron chi connectivity index (χ3n) is 1.93. The summed E-state index contributed by atoms with van der Waals surface area (Å²) >= 11 is 1.59. The molecule has 2 heterocycles. The minimum Gasteiger partial charge on any atom is -0.464 e. The average molecular weight is 224 g/mol. The highest BCUT2D eigenvalue weighted by molar-refractivity contribution is 7.98. The molecular formula is C9H12N4OS. The maximum atomic E-state index is 5.47. The fraction of sp³-hybridized carbons (Fsp3) is 0.333. The van der Waals surface area contributed by atoms with Crippen LogP contribution in [0.4, 0.5) is 0 Å². The molecule has 0 aliphatic heterocycles. The second-order valence-electron chi connectivity index (χ2n) is 3.03. The van der Waals surface area contributed by atoms with Gasteiger partial charge in [0.15, 0.2) is 5.16 Å². The Morgan fingerprint density at radius 2 is 2.27 bits per heavy atom. The molecule has 2 aromatic heterocycles. The van der Waals surface area contributed by atoms with Crippen LogP contribution in [0.15, 0.2) is 28.0 Å². The number of hydrogen-bond donors (Lipinski definition) is 1. The Bertz CT molecular complexity index is 437. The van der Waals surface area contributed by atoms with Crippen molar-refractivity contribution >= 4 is 11.8 Å². The first-order valence-electron chi connectivity index (χ1n) is 4.54. The predicted molar refractivity (Wildman–Crippen MR) is 57.2 cm³/mol. The number of hydrogen-bond acceptors (Lipinski definition) is 5. The molecule has 0 atom stereocenters. The van der Waals surface area contributed by atoms with Gasteiger partial charge in [-0.15, -0.1) is 0 Å². The fourth-order valence-electron chi connectivity index (χ4n) is 1.16. The lowest BCUT2D eigenvalue weighted by Crippen LogP contribution is -1.93. The summed E-state index contributed by atoms with van der Waals surface area (Å²) in [5.41, 5.74) is 5.45. The zero-order chi connectivity index (χ0) is 10.7. The van der Waals surface area contributed by atoms with Gasteiger partial charge in [0.05, 0.1) is 12.3 Å². The molecule has 2 aromatic rings. The van der Waals surface area contributed by atoms with Gasteiger partial charge in [-0.1, -0.05) is 11.8 Å². The number of aromatic nitrogens is 3. The molecule has 2 rings (SSSR count). The highest BCUT2D eigenvalue weighted by Gasteiger charge is 2.05. The summed E-state index contributed by atoms with van der Waals surface area (Å²) < 4.78 is 7.20. The van der Waals surface area contributed by atoms with Gasteiger partial charge in [-0.25, -0.2) is 9.67 Å². The third kappa shape index (κ3) is 2.40. The quantitative estimate of drug-likeness (QED) is 0.789. The average Bonchev–Trinajstić information content (AvgIpc) is 2.84. The number of nitrogens with two attached hydrogens (primary N) is 1. The van der Waals surface area contributed by atoms with Gasteiger partial charge in [0, 0.05) is 7.05 Å². The highest BCUT2D eigenvalue weighted by atomic mass is 32.2. The van der Waals surface area contributed by atoms with Crippen LogP contribution in [0.2, 0.25) is 0 Å². The van der Waals surface area contributed by atoms with Crippen LogP contribution >= 0.6 is 11.8 Å². The van der Waals surface area contributed by atoms with E-state index in [9.17, 15) is 0 Å². The number of nitrogens with zero attached hydrogens (tertiary/aromatic N) is 3. The van der Waals surface area contributed by atoms with Crippen LogP contribution in [0.1, 0.15) is 11.5 Å². The van der Waals surface area contributed by atoms with Crippen molar-refractivity contribution in [3.8, 4) is 0 Å². The van der Waals surface area contributed by atoms with Crippen LogP contribution in [0.25, 0.3) is 0 Å². The Hall–Kier alpha value is -1.27. The second-order valence-corrected chi connectivity index (χ2v) is 3.97. The molecule has 0 saturated heterocycles. The number of furan rings is 1. The first kappa shape index (κ1) is 10.3. The number of rotatable bonds is 4. The molecule has 0 fully saturated rings. The maximum absolute atomic E-state index is 5.47. The van der Waals surface area contributed by atoms with Crippen LogP contribution in [0.3, 0.4) is 0 Å². The van der Waals surface area contributed by atoms with Crippen LogP contribution in [0, 0.1) is 0 Å². The van der Waals surface area contributed by atoms with E-state index in [1.54, 1.807) is 16.4 Å². The normalized spacial score (nSPS) is 10.8. The molecule has 6 heteroatoms. The smallest absolute Gasteiger partial charge is 0.186 e. The minimum absolute atomic E-state index is 0.439. The first-order valence-corrected chi connectivity index (χ1v) is 5.52. The van der Waals surface area contributed by atoms with Crippen LogP contribution in [0.5, 0.6) is 0 Å². The summed E-state index contributed by atoms with van der Waals surface area (Å²) in [6.45, 7) is 0.439. The molecule has 80 valence electrons. The van der Waals surface area contributed by atoms with Gasteiger partial charge >= 0.3 is 0 Å². The molecule has 2 N–H and O–H groups in total. The van der Waals surface area contributed by atoms with Crippen molar-refractivity contribution in [1.82, 2.24) is 14.8 Å². The zero-order valence-corrected chi connectivity index (χ0v) is 9.20. The van der Waals surface area contributed by atoms with Gasteiger partial charge in [0.2, 0.25) is 0 Å². The lowest BCUT2D eigenvalue weighted by atomic mass is 10.4. The van der Waals surface area contributed by atoms with E-state index in [4.69, 9.17) is 10.2 Å². The van der Waals surface area contributed by atoms with Crippen molar-refractivity contribution in [2.45, 2.75) is 17.5 Å². The topological polar surface area (TPSA) is 69.9 Å². The van der Waals surface area contributed by atoms with Gasteiger partial charge in [-0.05, 0) is 12.1 Å². The van der Waals surface area contributed by atoms with Crippen molar-refractivity contribution < 1.29 is 4.42 Å². The summed E-state index contributed by atoms with van der Waals surface area (Å²) in [7, 11) is 1.86. The van der Waals surface area contributed by atoms with Crippen molar-refractivity contribution in [1.29, 1.82) is 0 Å². The molecular weight excluding hydrogens is 212 g/mol. The SMILES string of the molecule is Cn1ncnc1SCc1ccc(CN)o1. The van der Waals surface area contributed by atoms with E-state index >= 15 is 0 Å². The summed E-state index contributed by atoms with van der Waals surface area (Å²) in [6, 6.07) is 3.83. The molecule has 0 aliphatic rings. The first-order chi connectivity index (χ1) is 7.29. The van der Waals surface area contributed by atoms with Crippen molar-refractivity contribution in [3.05, 3.63) is 30.0 Å². The van der Waals surface area contributed by atoms with Crippen LogP contribution in [-0.2, 0) is 19.3 Å². The summed E-state index contributed by atoms with van der Waals surface area (Å²) in [5, 5.41) is 4.86. The number of aryl methyl sites for hydroxylation is 1. The van der Waals surface area contributed by atoms with E-state index in [1.165, 1.54) is 6.33 Å². The maximum Gasteiger partial charge on any atom is 0.186 e. The predicted octanol–water partition coefficient (Wildman–Crippen LogP) is 1.16. The van der Waals surface area contributed by atoms with Gasteiger partial charge in [-0.3, -0.25) is 0 Å². The van der Waals surface area contributed by atoms with E-state index in [2.05, 4.69) is 10.1 Å². The Labute approximate surface area is 91.7 Å². The van der Waals surface area contributed by atoms with Crippen molar-refractivity contribution in [3.63, 3.8) is 0 Å². The fourth-order valence-corrected chi connectivity index (χ4v) is 1.94. The summed E-state index contributed by atoms with van der Waals surface area (Å²) in [6.07, 6.45) is 1.54. The lowest BCUT2D eigenvalue weighted by Gasteiger charge is -1.97. The molecule has 0 aliphatic carbocycles. The van der Waals surface area contributed by atoms with E-state index in [1.807, 2.05) is 19.2 Å². The Balaban J connectivity index is 1.96. The lowest BCUT2D eigenvalue weighted by molar-refractivity contribution is 0.482. The van der Waals surface area contributed by atoms with Crippen molar-refractivity contribution in [2.75, 3.05) is 0 Å². The van der Waals surface area contributed by atoms with Crippen LogP contribution in [-0.4, -0.2) is 14.8 Å². The summed E-state index contributed by atoms with van der Waals surface area (Å²) in [5.74, 6) is 2.46. The Kier molecular flexibility index (Phi) is 3.08. The molecule has 0 unspecified atom stereocenters. The van der Waals surface area contributed by atoms with E-state index < -0.39 is 0 Å². The Morgan fingerprint density at radius 3 is 2.87 bits per heavy atom. The molecule has 0 radical (unpaired) electrons.